The molecular weight excluding hydrogens is 321 g/mol. The van der Waals surface area contributed by atoms with Crippen LogP contribution in [0.3, 0.4) is 0 Å². The molecule has 2 amide bonds. The Morgan fingerprint density at radius 1 is 1.20 bits per heavy atom. The van der Waals surface area contributed by atoms with Gasteiger partial charge < -0.3 is 10.2 Å². The van der Waals surface area contributed by atoms with E-state index < -0.39 is 11.7 Å². The molecule has 0 saturated carbocycles. The quantitative estimate of drug-likeness (QED) is 0.931. The first kappa shape index (κ1) is 17.1. The van der Waals surface area contributed by atoms with Gasteiger partial charge in [-0.3, -0.25) is 14.6 Å². The number of anilines is 1. The van der Waals surface area contributed by atoms with Gasteiger partial charge in [-0.2, -0.15) is 0 Å². The highest BCUT2D eigenvalue weighted by molar-refractivity contribution is 6.04. The molecule has 0 radical (unpaired) electrons. The molecule has 1 aromatic carbocycles. The van der Waals surface area contributed by atoms with Crippen molar-refractivity contribution in [2.75, 3.05) is 18.4 Å². The van der Waals surface area contributed by atoms with Gasteiger partial charge in [0.15, 0.2) is 0 Å². The zero-order valence-corrected chi connectivity index (χ0v) is 14.0. The van der Waals surface area contributed by atoms with E-state index in [9.17, 15) is 14.0 Å². The van der Waals surface area contributed by atoms with Gasteiger partial charge in [0.1, 0.15) is 11.5 Å². The monoisotopic (exact) mass is 341 g/mol. The van der Waals surface area contributed by atoms with Crippen LogP contribution in [0.25, 0.3) is 0 Å². The zero-order chi connectivity index (χ0) is 17.8. The number of carbonyl (C=O) groups is 2. The minimum atomic E-state index is -0.549. The Morgan fingerprint density at radius 2 is 1.92 bits per heavy atom. The minimum Gasteiger partial charge on any atom is -0.339 e. The number of hydrogen-bond acceptors (Lipinski definition) is 3. The lowest BCUT2D eigenvalue weighted by molar-refractivity contribution is 0.0697. The average Bonchev–Trinajstić information content (AvgIpc) is 2.64. The van der Waals surface area contributed by atoms with Crippen molar-refractivity contribution >= 4 is 17.5 Å². The van der Waals surface area contributed by atoms with Crippen molar-refractivity contribution in [3.8, 4) is 0 Å². The van der Waals surface area contributed by atoms with Gasteiger partial charge in [0, 0.05) is 24.8 Å². The number of amides is 2. The molecule has 0 unspecified atom stereocenters. The van der Waals surface area contributed by atoms with E-state index in [2.05, 4.69) is 17.2 Å². The lowest BCUT2D eigenvalue weighted by atomic mass is 9.98. The zero-order valence-electron chi connectivity index (χ0n) is 14.0. The van der Waals surface area contributed by atoms with Crippen LogP contribution in [-0.2, 0) is 0 Å². The van der Waals surface area contributed by atoms with Gasteiger partial charge in [-0.15, -0.1) is 0 Å². The topological polar surface area (TPSA) is 62.3 Å². The summed E-state index contributed by atoms with van der Waals surface area (Å²) >= 11 is 0. The maximum absolute atomic E-state index is 13.7. The van der Waals surface area contributed by atoms with Crippen LogP contribution >= 0.6 is 0 Å². The van der Waals surface area contributed by atoms with Gasteiger partial charge in [-0.1, -0.05) is 19.1 Å². The lowest BCUT2D eigenvalue weighted by Crippen LogP contribution is -2.38. The van der Waals surface area contributed by atoms with E-state index in [0.717, 1.165) is 25.9 Å². The molecule has 0 aliphatic carbocycles. The molecular formula is C19H20FN3O2. The summed E-state index contributed by atoms with van der Waals surface area (Å²) in [6, 6.07) is 8.96. The Morgan fingerprint density at radius 3 is 2.64 bits per heavy atom. The number of pyridine rings is 1. The molecule has 2 heterocycles. The van der Waals surface area contributed by atoms with Crippen LogP contribution in [0.5, 0.6) is 0 Å². The van der Waals surface area contributed by atoms with Crippen molar-refractivity contribution in [1.82, 2.24) is 9.88 Å². The van der Waals surface area contributed by atoms with Crippen molar-refractivity contribution in [1.29, 1.82) is 0 Å². The number of benzene rings is 1. The second-order valence-corrected chi connectivity index (χ2v) is 6.34. The predicted octanol–water partition coefficient (Wildman–Crippen LogP) is 3.35. The molecule has 3 rings (SSSR count). The van der Waals surface area contributed by atoms with E-state index in [0.29, 0.717) is 11.5 Å². The number of para-hydroxylation sites is 1. The van der Waals surface area contributed by atoms with Crippen LogP contribution in [0.2, 0.25) is 0 Å². The Kier molecular flexibility index (Phi) is 5.07. The van der Waals surface area contributed by atoms with Crippen LogP contribution < -0.4 is 5.32 Å². The summed E-state index contributed by atoms with van der Waals surface area (Å²) in [5.41, 5.74) is 0.582. The minimum absolute atomic E-state index is 0.0797. The van der Waals surface area contributed by atoms with Crippen molar-refractivity contribution in [3.63, 3.8) is 0 Å². The SMILES string of the molecule is CC1CCN(C(=O)c2ccnc(C(=O)Nc3ccccc3F)c2)CC1. The highest BCUT2D eigenvalue weighted by Crippen LogP contribution is 2.19. The second kappa shape index (κ2) is 7.42. The van der Waals surface area contributed by atoms with Gasteiger partial charge in [0.05, 0.1) is 5.69 Å². The Balaban J connectivity index is 1.73. The summed E-state index contributed by atoms with van der Waals surface area (Å²) in [4.78, 5) is 30.7. The van der Waals surface area contributed by atoms with Gasteiger partial charge in [0.25, 0.3) is 11.8 Å². The van der Waals surface area contributed by atoms with Gasteiger partial charge in [-0.05, 0) is 43.0 Å². The highest BCUT2D eigenvalue weighted by Gasteiger charge is 2.22. The summed E-state index contributed by atoms with van der Waals surface area (Å²) in [5, 5.41) is 2.48. The third-order valence-electron chi connectivity index (χ3n) is 4.43. The van der Waals surface area contributed by atoms with E-state index in [4.69, 9.17) is 0 Å². The maximum Gasteiger partial charge on any atom is 0.274 e. The molecule has 1 N–H and O–H groups in total. The second-order valence-electron chi connectivity index (χ2n) is 6.34. The average molecular weight is 341 g/mol. The summed E-state index contributed by atoms with van der Waals surface area (Å²) in [6.45, 7) is 3.62. The highest BCUT2D eigenvalue weighted by atomic mass is 19.1. The number of halogens is 1. The molecule has 1 aliphatic rings. The fraction of sp³-hybridized carbons (Fsp3) is 0.316. The number of nitrogens with one attached hydrogen (secondary N) is 1. The van der Waals surface area contributed by atoms with E-state index in [1.807, 2.05) is 0 Å². The first-order valence-electron chi connectivity index (χ1n) is 8.36. The van der Waals surface area contributed by atoms with Crippen molar-refractivity contribution in [3.05, 3.63) is 59.7 Å². The third kappa shape index (κ3) is 4.02. The summed E-state index contributed by atoms with van der Waals surface area (Å²) < 4.78 is 13.7. The molecule has 0 atom stereocenters. The number of hydrogen-bond donors (Lipinski definition) is 1. The van der Waals surface area contributed by atoms with E-state index >= 15 is 0 Å². The van der Waals surface area contributed by atoms with Crippen molar-refractivity contribution < 1.29 is 14.0 Å². The van der Waals surface area contributed by atoms with Crippen LogP contribution in [0.4, 0.5) is 10.1 Å². The molecule has 0 bridgehead atoms. The van der Waals surface area contributed by atoms with Crippen molar-refractivity contribution in [2.24, 2.45) is 5.92 Å². The first-order chi connectivity index (χ1) is 12.0. The van der Waals surface area contributed by atoms with Crippen LogP contribution in [0, 0.1) is 11.7 Å². The van der Waals surface area contributed by atoms with Crippen molar-refractivity contribution in [2.45, 2.75) is 19.8 Å². The number of piperidine rings is 1. The molecule has 5 nitrogen and oxygen atoms in total. The first-order valence-corrected chi connectivity index (χ1v) is 8.36. The molecule has 2 aromatic rings. The number of carbonyl (C=O) groups excluding carboxylic acids is 2. The molecule has 0 spiro atoms. The van der Waals surface area contributed by atoms with Gasteiger partial charge in [-0.25, -0.2) is 4.39 Å². The molecule has 1 saturated heterocycles. The molecule has 1 aliphatic heterocycles. The van der Waals surface area contributed by atoms with E-state index in [1.54, 1.807) is 23.1 Å². The predicted molar refractivity (Wildman–Crippen MR) is 92.9 cm³/mol. The molecule has 1 aromatic heterocycles. The molecule has 6 heteroatoms. The number of nitrogens with zero attached hydrogens (tertiary/aromatic N) is 2. The summed E-state index contributed by atoms with van der Waals surface area (Å²) in [5.74, 6) is -0.546. The maximum atomic E-state index is 13.7. The van der Waals surface area contributed by atoms with Crippen LogP contribution in [0.1, 0.15) is 40.6 Å². The third-order valence-corrected chi connectivity index (χ3v) is 4.43. The Hall–Kier alpha value is -2.76. The fourth-order valence-electron chi connectivity index (χ4n) is 2.83. The van der Waals surface area contributed by atoms with E-state index in [1.165, 1.54) is 24.4 Å². The normalized spacial score (nSPS) is 15.0. The molecule has 1 fully saturated rings. The molecule has 130 valence electrons. The fourth-order valence-corrected chi connectivity index (χ4v) is 2.83. The number of rotatable bonds is 3. The summed E-state index contributed by atoms with van der Waals surface area (Å²) in [7, 11) is 0. The van der Waals surface area contributed by atoms with E-state index in [-0.39, 0.29) is 17.3 Å². The standard InChI is InChI=1S/C19H20FN3O2/c1-13-7-10-23(11-8-13)19(25)14-6-9-21-17(12-14)18(24)22-16-5-3-2-4-15(16)20/h2-6,9,12-13H,7-8,10-11H2,1H3,(H,22,24). The Bertz CT molecular complexity index is 786. The largest absolute Gasteiger partial charge is 0.339 e. The lowest BCUT2D eigenvalue weighted by Gasteiger charge is -2.30. The summed E-state index contributed by atoms with van der Waals surface area (Å²) in [6.07, 6.45) is 3.39. The number of aromatic nitrogens is 1. The number of likely N-dealkylation sites (tertiary alicyclic amines) is 1. The van der Waals surface area contributed by atoms with Crippen LogP contribution in [-0.4, -0.2) is 34.8 Å². The van der Waals surface area contributed by atoms with Crippen LogP contribution in [0.15, 0.2) is 42.6 Å². The Labute approximate surface area is 145 Å². The smallest absolute Gasteiger partial charge is 0.274 e. The van der Waals surface area contributed by atoms with Gasteiger partial charge >= 0.3 is 0 Å². The van der Waals surface area contributed by atoms with Gasteiger partial charge in [0.2, 0.25) is 0 Å². The molecule has 25 heavy (non-hydrogen) atoms.